The molecule has 3 aromatic rings. The Labute approximate surface area is 274 Å². The summed E-state index contributed by atoms with van der Waals surface area (Å²) in [6.07, 6.45) is -6.92. The van der Waals surface area contributed by atoms with Crippen molar-refractivity contribution in [3.05, 3.63) is 82.1 Å². The molecular formula is C33H34BClF5NO6. The van der Waals surface area contributed by atoms with Gasteiger partial charge in [0.1, 0.15) is 10.9 Å². The second-order valence-electron chi connectivity index (χ2n) is 13.2. The fourth-order valence-corrected chi connectivity index (χ4v) is 5.35. The lowest BCUT2D eigenvalue weighted by atomic mass is 9.78. The maximum Gasteiger partial charge on any atom is 0.586 e. The highest BCUT2D eigenvalue weighted by Gasteiger charge is 2.54. The van der Waals surface area contributed by atoms with Gasteiger partial charge >= 0.3 is 19.6 Å². The van der Waals surface area contributed by atoms with Crippen molar-refractivity contribution >= 4 is 30.0 Å². The van der Waals surface area contributed by atoms with E-state index in [-0.39, 0.29) is 29.3 Å². The number of fused-ring (bicyclic) bond motifs is 1. The average Bonchev–Trinajstić information content (AvgIpc) is 3.66. The van der Waals surface area contributed by atoms with E-state index in [1.165, 1.54) is 36.4 Å². The largest absolute Gasteiger partial charge is 0.586 e. The lowest BCUT2D eigenvalue weighted by molar-refractivity contribution is -0.286. The van der Waals surface area contributed by atoms with Crippen LogP contribution in [0.3, 0.4) is 0 Å². The Bertz CT molecular complexity index is 1660. The maximum absolute atomic E-state index is 13.2. The number of carbonyl (C=O) groups excluding carboxylic acids is 1. The number of aryl methyl sites for hydroxylation is 1. The first kappa shape index (κ1) is 35.1. The number of ketones is 1. The predicted molar refractivity (Wildman–Crippen MR) is 164 cm³/mol. The number of alkyl halides is 5. The van der Waals surface area contributed by atoms with Gasteiger partial charge in [0.15, 0.2) is 17.1 Å². The molecule has 1 saturated heterocycles. The molecule has 7 nitrogen and oxygen atoms in total. The molecule has 1 saturated carbocycles. The van der Waals surface area contributed by atoms with Gasteiger partial charge in [-0.25, -0.2) is 4.98 Å². The summed E-state index contributed by atoms with van der Waals surface area (Å²) in [5.41, 5.74) is -2.11. The monoisotopic (exact) mass is 681 g/mol. The molecule has 47 heavy (non-hydrogen) atoms. The first-order valence-corrected chi connectivity index (χ1v) is 15.3. The van der Waals surface area contributed by atoms with Gasteiger partial charge in [0.05, 0.1) is 16.6 Å². The number of benzene rings is 2. The van der Waals surface area contributed by atoms with Crippen LogP contribution in [0.4, 0.5) is 22.0 Å². The van der Waals surface area contributed by atoms with E-state index < -0.39 is 41.8 Å². The molecule has 6 rings (SSSR count). The molecule has 2 fully saturated rings. The van der Waals surface area contributed by atoms with E-state index in [2.05, 4.69) is 14.5 Å². The number of pyridine rings is 1. The van der Waals surface area contributed by atoms with E-state index in [1.54, 1.807) is 12.1 Å². The molecule has 1 aromatic heterocycles. The number of rotatable bonds is 6. The fraction of sp³-hybridized carbons (Fsp3) is 0.455. The van der Waals surface area contributed by atoms with Crippen LogP contribution in [0.25, 0.3) is 0 Å². The lowest BCUT2D eigenvalue weighted by Crippen LogP contribution is -2.41. The first-order valence-electron chi connectivity index (χ1n) is 14.9. The number of nitrogens with zero attached hydrogens (tertiary/aromatic N) is 1. The molecule has 1 unspecified atom stereocenters. The Kier molecular flexibility index (Phi) is 8.74. The summed E-state index contributed by atoms with van der Waals surface area (Å²) < 4.78 is 85.4. The third-order valence-electron chi connectivity index (χ3n) is 9.22. The summed E-state index contributed by atoms with van der Waals surface area (Å²) in [5.74, 6) is -0.0763. The van der Waals surface area contributed by atoms with E-state index >= 15 is 0 Å². The summed E-state index contributed by atoms with van der Waals surface area (Å²) in [4.78, 5) is 17.0. The van der Waals surface area contributed by atoms with Gasteiger partial charge in [-0.05, 0) is 94.7 Å². The molecular weight excluding hydrogens is 648 g/mol. The molecule has 0 bridgehead atoms. The van der Waals surface area contributed by atoms with Crippen molar-refractivity contribution in [3.63, 3.8) is 0 Å². The Morgan fingerprint density at radius 2 is 1.51 bits per heavy atom. The highest BCUT2D eigenvalue weighted by Crippen LogP contribution is 2.52. The summed E-state index contributed by atoms with van der Waals surface area (Å²) in [6.45, 7) is 10.2. The van der Waals surface area contributed by atoms with Gasteiger partial charge in [0.2, 0.25) is 0 Å². The van der Waals surface area contributed by atoms with Crippen LogP contribution in [0.2, 0.25) is 5.15 Å². The van der Waals surface area contributed by atoms with Gasteiger partial charge in [0.25, 0.3) is 0 Å². The van der Waals surface area contributed by atoms with Gasteiger partial charge in [-0.15, -0.1) is 8.78 Å². The molecule has 252 valence electrons. The molecule has 0 spiro atoms. The third-order valence-corrected chi connectivity index (χ3v) is 9.60. The average molecular weight is 682 g/mol. The van der Waals surface area contributed by atoms with Crippen molar-refractivity contribution in [2.45, 2.75) is 95.5 Å². The standard InChI is InChI=1S/C18H14ClF2NO3.C15H20BF3O3/c1-10-2-4-12(22-16(10)19)9-15(23)17(6-7-17)11-3-5-13-14(8-11)25-18(20,21)24-13;1-12(2)13(3,4)22-16(21-12)11-8-6-10(7-9-11)14(5,20)15(17,18)19/h2-5,8H,6-7,9H2,1H3;6-9,20H,1-5H3. The van der Waals surface area contributed by atoms with Crippen LogP contribution in [-0.4, -0.2) is 46.7 Å². The molecule has 14 heteroatoms. The minimum absolute atomic E-state index is 0.00875. The predicted octanol–water partition coefficient (Wildman–Crippen LogP) is 6.96. The highest BCUT2D eigenvalue weighted by molar-refractivity contribution is 6.62. The second kappa shape index (κ2) is 11.7. The number of aliphatic hydroxyl groups is 1. The van der Waals surface area contributed by atoms with Crippen molar-refractivity contribution in [3.8, 4) is 11.5 Å². The van der Waals surface area contributed by atoms with E-state index in [1.807, 2.05) is 40.7 Å². The van der Waals surface area contributed by atoms with Crippen molar-refractivity contribution in [1.82, 2.24) is 4.98 Å². The Balaban J connectivity index is 0.000000186. The van der Waals surface area contributed by atoms with Gasteiger partial charge in [-0.2, -0.15) is 13.2 Å². The molecule has 0 amide bonds. The van der Waals surface area contributed by atoms with E-state index in [0.29, 0.717) is 34.7 Å². The SMILES string of the molecule is CC1(C)OB(c2ccc(C(C)(O)C(F)(F)F)cc2)OC1(C)C.Cc1ccc(CC(=O)C2(c3ccc4c(c3)OC(F)(F)O4)CC2)nc1Cl. The van der Waals surface area contributed by atoms with E-state index in [0.717, 1.165) is 12.5 Å². The number of hydrogen-bond acceptors (Lipinski definition) is 7. The van der Waals surface area contributed by atoms with Gasteiger partial charge in [0, 0.05) is 12.1 Å². The molecule has 0 radical (unpaired) electrons. The summed E-state index contributed by atoms with van der Waals surface area (Å²) in [6, 6.07) is 13.6. The smallest absolute Gasteiger partial charge is 0.399 e. The zero-order chi connectivity index (χ0) is 34.8. The number of carbonyl (C=O) groups is 1. The van der Waals surface area contributed by atoms with Crippen molar-refractivity contribution in [2.24, 2.45) is 0 Å². The van der Waals surface area contributed by atoms with Crippen LogP contribution < -0.4 is 14.9 Å². The molecule has 2 aliphatic heterocycles. The van der Waals surface area contributed by atoms with Gasteiger partial charge in [-0.3, -0.25) is 4.79 Å². The molecule has 1 N–H and O–H groups in total. The molecule has 2 aromatic carbocycles. The third kappa shape index (κ3) is 6.85. The number of ether oxygens (including phenoxy) is 2. The molecule has 1 atom stereocenters. The quantitative estimate of drug-likeness (QED) is 0.171. The van der Waals surface area contributed by atoms with Crippen molar-refractivity contribution in [1.29, 1.82) is 0 Å². The van der Waals surface area contributed by atoms with Crippen LogP contribution in [-0.2, 0) is 31.5 Å². The zero-order valence-electron chi connectivity index (χ0n) is 26.6. The second-order valence-corrected chi connectivity index (χ2v) is 13.6. The Morgan fingerprint density at radius 3 is 2.04 bits per heavy atom. The lowest BCUT2D eigenvalue weighted by Gasteiger charge is -2.32. The van der Waals surface area contributed by atoms with Crippen LogP contribution in [0.5, 0.6) is 11.5 Å². The van der Waals surface area contributed by atoms with Crippen LogP contribution in [0.15, 0.2) is 54.6 Å². The molecule has 3 aliphatic rings. The molecule has 1 aliphatic carbocycles. The number of aromatic nitrogens is 1. The van der Waals surface area contributed by atoms with Crippen molar-refractivity contribution in [2.75, 3.05) is 0 Å². The van der Waals surface area contributed by atoms with Crippen LogP contribution in [0.1, 0.15) is 69.8 Å². The Hall–Kier alpha value is -3.26. The summed E-state index contributed by atoms with van der Waals surface area (Å²) in [7, 11) is -0.644. The fourth-order valence-electron chi connectivity index (χ4n) is 5.18. The minimum atomic E-state index is -4.74. The van der Waals surface area contributed by atoms with Crippen LogP contribution in [0, 0.1) is 6.92 Å². The molecule has 3 heterocycles. The van der Waals surface area contributed by atoms with E-state index in [9.17, 15) is 31.9 Å². The van der Waals surface area contributed by atoms with Gasteiger partial charge in [-0.1, -0.05) is 48.0 Å². The maximum atomic E-state index is 13.2. The number of halogens is 6. The number of Topliss-reactive ketones (excluding diaryl/α,β-unsaturated/α-hetero) is 1. The highest BCUT2D eigenvalue weighted by atomic mass is 35.5. The van der Waals surface area contributed by atoms with Crippen molar-refractivity contribution < 1.29 is 50.6 Å². The summed E-state index contributed by atoms with van der Waals surface area (Å²) >= 11 is 6.01. The number of hydrogen-bond donors (Lipinski definition) is 1. The minimum Gasteiger partial charge on any atom is -0.399 e. The topological polar surface area (TPSA) is 87.1 Å². The first-order chi connectivity index (χ1) is 21.6. The summed E-state index contributed by atoms with van der Waals surface area (Å²) in [5, 5.41) is 10.0. The zero-order valence-corrected chi connectivity index (χ0v) is 27.4. The van der Waals surface area contributed by atoms with Gasteiger partial charge < -0.3 is 23.9 Å². The van der Waals surface area contributed by atoms with E-state index in [4.69, 9.17) is 20.9 Å². The normalized spacial score (nSPS) is 21.0. The van der Waals surface area contributed by atoms with Crippen LogP contribution >= 0.6 is 11.6 Å². The Morgan fingerprint density at radius 1 is 0.936 bits per heavy atom.